The lowest BCUT2D eigenvalue weighted by molar-refractivity contribution is -0.133. The number of nitrogens with zero attached hydrogens (tertiary/aromatic N) is 3. The second kappa shape index (κ2) is 6.72. The maximum atomic E-state index is 12.8. The largest absolute Gasteiger partial charge is 0.340 e. The van der Waals surface area contributed by atoms with Crippen molar-refractivity contribution in [2.24, 2.45) is 5.92 Å². The molecule has 0 unspecified atom stereocenters. The van der Waals surface area contributed by atoms with Gasteiger partial charge >= 0.3 is 0 Å². The number of imide groups is 1. The average molecular weight is 391 g/mol. The van der Waals surface area contributed by atoms with Crippen LogP contribution in [-0.4, -0.2) is 61.5 Å². The molecule has 8 nitrogen and oxygen atoms in total. The first-order valence-corrected chi connectivity index (χ1v) is 10.6. The lowest BCUT2D eigenvalue weighted by atomic mass is 10.3. The molecule has 1 saturated carbocycles. The van der Waals surface area contributed by atoms with Crippen molar-refractivity contribution in [2.75, 3.05) is 31.1 Å². The molecule has 27 heavy (non-hydrogen) atoms. The summed E-state index contributed by atoms with van der Waals surface area (Å²) in [5.41, 5.74) is 0.390. The smallest absolute Gasteiger partial charge is 0.243 e. The van der Waals surface area contributed by atoms with E-state index in [2.05, 4.69) is 0 Å². The minimum absolute atomic E-state index is 0.118. The van der Waals surface area contributed by atoms with E-state index in [4.69, 9.17) is 0 Å². The Morgan fingerprint density at radius 1 is 0.889 bits per heavy atom. The van der Waals surface area contributed by atoms with E-state index in [-0.39, 0.29) is 54.5 Å². The summed E-state index contributed by atoms with van der Waals surface area (Å²) in [6.45, 7) is 1.35. The van der Waals surface area contributed by atoms with Crippen LogP contribution in [0.25, 0.3) is 0 Å². The van der Waals surface area contributed by atoms with Gasteiger partial charge in [-0.1, -0.05) is 0 Å². The topological polar surface area (TPSA) is 95.1 Å². The van der Waals surface area contributed by atoms with Gasteiger partial charge in [-0.2, -0.15) is 4.31 Å². The summed E-state index contributed by atoms with van der Waals surface area (Å²) < 4.78 is 27.1. The second-order valence-corrected chi connectivity index (χ2v) is 9.06. The first kappa shape index (κ1) is 18.1. The minimum Gasteiger partial charge on any atom is -0.340 e. The Bertz CT molecular complexity index is 868. The SMILES string of the molecule is O=C(C1CC1)N1CCN(S(=O)(=O)c2ccc(N3C(=O)CCC3=O)cc2)CC1. The van der Waals surface area contributed by atoms with Crippen molar-refractivity contribution in [3.05, 3.63) is 24.3 Å². The van der Waals surface area contributed by atoms with Gasteiger partial charge in [0, 0.05) is 44.9 Å². The number of piperazine rings is 1. The first-order valence-electron chi connectivity index (χ1n) is 9.13. The highest BCUT2D eigenvalue weighted by molar-refractivity contribution is 7.89. The summed E-state index contributed by atoms with van der Waals surface area (Å²) in [5, 5.41) is 0. The number of sulfonamides is 1. The Labute approximate surface area is 157 Å². The molecule has 0 radical (unpaired) electrons. The summed E-state index contributed by atoms with van der Waals surface area (Å²) in [7, 11) is -3.68. The normalized spacial score (nSPS) is 21.8. The Morgan fingerprint density at radius 2 is 1.44 bits per heavy atom. The summed E-state index contributed by atoms with van der Waals surface area (Å²) in [5.74, 6) is -0.271. The summed E-state index contributed by atoms with van der Waals surface area (Å²) in [6, 6.07) is 5.82. The fourth-order valence-corrected chi connectivity index (χ4v) is 4.94. The molecule has 2 saturated heterocycles. The molecule has 0 N–H and O–H groups in total. The van der Waals surface area contributed by atoms with Crippen LogP contribution in [0.15, 0.2) is 29.2 Å². The van der Waals surface area contributed by atoms with Crippen LogP contribution >= 0.6 is 0 Å². The molecule has 3 fully saturated rings. The van der Waals surface area contributed by atoms with Crippen molar-refractivity contribution in [3.63, 3.8) is 0 Å². The van der Waals surface area contributed by atoms with Gasteiger partial charge in [0.2, 0.25) is 27.7 Å². The molecule has 2 aliphatic heterocycles. The summed E-state index contributed by atoms with van der Waals surface area (Å²) in [4.78, 5) is 38.7. The second-order valence-electron chi connectivity index (χ2n) is 7.12. The Morgan fingerprint density at radius 3 is 1.96 bits per heavy atom. The lowest BCUT2D eigenvalue weighted by Gasteiger charge is -2.34. The maximum Gasteiger partial charge on any atom is 0.243 e. The summed E-state index contributed by atoms with van der Waals surface area (Å²) in [6.07, 6.45) is 2.24. The molecule has 3 amide bonds. The Kier molecular flexibility index (Phi) is 4.51. The number of rotatable bonds is 4. The van der Waals surface area contributed by atoms with Crippen LogP contribution in [0.5, 0.6) is 0 Å². The zero-order chi connectivity index (χ0) is 19.2. The van der Waals surface area contributed by atoms with Gasteiger partial charge in [-0.05, 0) is 37.1 Å². The van der Waals surface area contributed by atoms with Crippen LogP contribution < -0.4 is 4.90 Å². The van der Waals surface area contributed by atoms with E-state index in [1.165, 1.54) is 28.6 Å². The molecule has 0 aromatic heterocycles. The van der Waals surface area contributed by atoms with Crippen molar-refractivity contribution >= 4 is 33.4 Å². The predicted octanol–water partition coefficient (Wildman–Crippen LogP) is 0.583. The van der Waals surface area contributed by atoms with Gasteiger partial charge in [0.1, 0.15) is 0 Å². The van der Waals surface area contributed by atoms with Crippen molar-refractivity contribution in [2.45, 2.75) is 30.6 Å². The highest BCUT2D eigenvalue weighted by atomic mass is 32.2. The fourth-order valence-electron chi connectivity index (χ4n) is 3.52. The molecule has 0 bridgehead atoms. The third-order valence-corrected chi connectivity index (χ3v) is 7.17. The zero-order valence-corrected chi connectivity index (χ0v) is 15.7. The number of hydrogen-bond acceptors (Lipinski definition) is 5. The van der Waals surface area contributed by atoms with E-state index < -0.39 is 10.0 Å². The van der Waals surface area contributed by atoms with E-state index in [1.54, 1.807) is 4.90 Å². The first-order chi connectivity index (χ1) is 12.9. The molecule has 0 atom stereocenters. The number of benzene rings is 1. The van der Waals surface area contributed by atoms with E-state index in [0.29, 0.717) is 18.8 Å². The van der Waals surface area contributed by atoms with E-state index in [0.717, 1.165) is 17.7 Å². The highest BCUT2D eigenvalue weighted by Gasteiger charge is 2.37. The van der Waals surface area contributed by atoms with Gasteiger partial charge in [-0.3, -0.25) is 19.3 Å². The Hall–Kier alpha value is -2.26. The third kappa shape index (κ3) is 3.37. The molecule has 3 aliphatic rings. The molecular formula is C18H21N3O5S. The van der Waals surface area contributed by atoms with Gasteiger partial charge in [-0.25, -0.2) is 8.42 Å². The van der Waals surface area contributed by atoms with Crippen LogP contribution in [0.2, 0.25) is 0 Å². The number of hydrogen-bond donors (Lipinski definition) is 0. The molecule has 144 valence electrons. The van der Waals surface area contributed by atoms with Crippen LogP contribution in [0.3, 0.4) is 0 Å². The van der Waals surface area contributed by atoms with Crippen molar-refractivity contribution in [3.8, 4) is 0 Å². The molecule has 1 aromatic carbocycles. The van der Waals surface area contributed by atoms with E-state index >= 15 is 0 Å². The highest BCUT2D eigenvalue weighted by Crippen LogP contribution is 2.31. The Balaban J connectivity index is 1.45. The van der Waals surface area contributed by atoms with Gasteiger partial charge in [-0.15, -0.1) is 0 Å². The van der Waals surface area contributed by atoms with Crippen molar-refractivity contribution in [1.82, 2.24) is 9.21 Å². The standard InChI is InChI=1S/C18H21N3O5S/c22-16-7-8-17(23)21(16)14-3-5-15(6-4-14)27(25,26)20-11-9-19(10-12-20)18(24)13-1-2-13/h3-6,13H,1-2,7-12H2. The van der Waals surface area contributed by atoms with E-state index in [9.17, 15) is 22.8 Å². The van der Waals surface area contributed by atoms with Crippen molar-refractivity contribution in [1.29, 1.82) is 0 Å². The molecular weight excluding hydrogens is 370 g/mol. The number of carbonyl (C=O) groups excluding carboxylic acids is 3. The lowest BCUT2D eigenvalue weighted by Crippen LogP contribution is -2.50. The predicted molar refractivity (Wildman–Crippen MR) is 96.2 cm³/mol. The van der Waals surface area contributed by atoms with Crippen molar-refractivity contribution < 1.29 is 22.8 Å². The van der Waals surface area contributed by atoms with Gasteiger partial charge in [0.15, 0.2) is 0 Å². The van der Waals surface area contributed by atoms with Gasteiger partial charge in [0.05, 0.1) is 10.6 Å². The average Bonchev–Trinajstić information content (AvgIpc) is 3.47. The number of carbonyl (C=O) groups is 3. The van der Waals surface area contributed by atoms with Crippen LogP contribution in [0, 0.1) is 5.92 Å². The third-order valence-electron chi connectivity index (χ3n) is 5.26. The molecule has 9 heteroatoms. The molecule has 4 rings (SSSR count). The van der Waals surface area contributed by atoms with Crippen LogP contribution in [0.4, 0.5) is 5.69 Å². The van der Waals surface area contributed by atoms with Gasteiger partial charge in [0.25, 0.3) is 0 Å². The van der Waals surface area contributed by atoms with E-state index in [1.807, 2.05) is 0 Å². The minimum atomic E-state index is -3.68. The zero-order valence-electron chi connectivity index (χ0n) is 14.8. The number of amides is 3. The monoisotopic (exact) mass is 391 g/mol. The fraction of sp³-hybridized carbons (Fsp3) is 0.500. The number of anilines is 1. The van der Waals surface area contributed by atoms with Crippen LogP contribution in [0.1, 0.15) is 25.7 Å². The van der Waals surface area contributed by atoms with Crippen LogP contribution in [-0.2, 0) is 24.4 Å². The molecule has 0 spiro atoms. The molecule has 1 aliphatic carbocycles. The molecule has 2 heterocycles. The summed E-state index contributed by atoms with van der Waals surface area (Å²) >= 11 is 0. The maximum absolute atomic E-state index is 12.8. The quantitative estimate of drug-likeness (QED) is 0.700. The molecule has 1 aromatic rings. The van der Waals surface area contributed by atoms with Gasteiger partial charge < -0.3 is 4.90 Å².